The number of benzene rings is 2. The molecule has 0 bridgehead atoms. The molecule has 1 heterocycles. The lowest BCUT2D eigenvalue weighted by Crippen LogP contribution is -2.45. The van der Waals surface area contributed by atoms with E-state index in [2.05, 4.69) is 20.8 Å². The van der Waals surface area contributed by atoms with Gasteiger partial charge in [-0.05, 0) is 17.2 Å². The van der Waals surface area contributed by atoms with Gasteiger partial charge in [0.15, 0.2) is 5.82 Å². The maximum Gasteiger partial charge on any atom is 0.250 e. The molecule has 7 nitrogen and oxygen atoms in total. The summed E-state index contributed by atoms with van der Waals surface area (Å²) in [5.74, 6) is -0.739. The van der Waals surface area contributed by atoms with E-state index >= 15 is 0 Å². The summed E-state index contributed by atoms with van der Waals surface area (Å²) < 4.78 is 0. The molecule has 7 heteroatoms. The molecule has 0 saturated heterocycles. The first kappa shape index (κ1) is 19.1. The number of carbonyl (C=O) groups is 2. The fourth-order valence-corrected chi connectivity index (χ4v) is 2.51. The molecule has 0 radical (unpaired) electrons. The minimum absolute atomic E-state index is 0.302. The molecule has 142 valence electrons. The molecule has 0 saturated carbocycles. The van der Waals surface area contributed by atoms with E-state index in [9.17, 15) is 14.7 Å². The molecule has 0 aliphatic rings. The fourth-order valence-electron chi connectivity index (χ4n) is 2.51. The molecule has 0 fully saturated rings. The van der Waals surface area contributed by atoms with Crippen molar-refractivity contribution in [3.05, 3.63) is 78.4 Å². The van der Waals surface area contributed by atoms with Crippen LogP contribution in [-0.4, -0.2) is 39.8 Å². The minimum Gasteiger partial charge on any atom is -0.394 e. The molecule has 1 atom stereocenters. The van der Waals surface area contributed by atoms with Crippen LogP contribution in [0.3, 0.4) is 0 Å². The first-order chi connectivity index (χ1) is 13.7. The number of nitrogens with one attached hydrogen (secondary N) is 3. The van der Waals surface area contributed by atoms with Crippen molar-refractivity contribution in [1.29, 1.82) is 0 Å². The van der Waals surface area contributed by atoms with Gasteiger partial charge in [-0.1, -0.05) is 60.7 Å². The van der Waals surface area contributed by atoms with Crippen LogP contribution in [0.15, 0.2) is 72.8 Å². The molecule has 3 rings (SSSR count). The van der Waals surface area contributed by atoms with Crippen molar-refractivity contribution in [3.63, 3.8) is 0 Å². The first-order valence-electron chi connectivity index (χ1n) is 8.72. The Morgan fingerprint density at radius 2 is 1.75 bits per heavy atom. The second kappa shape index (κ2) is 9.29. The topological polar surface area (TPSA) is 107 Å². The second-order valence-corrected chi connectivity index (χ2v) is 6.01. The quantitative estimate of drug-likeness (QED) is 0.474. The molecule has 2 aromatic carbocycles. The van der Waals surface area contributed by atoms with Gasteiger partial charge in [-0.25, -0.2) is 0 Å². The Labute approximate surface area is 162 Å². The highest BCUT2D eigenvalue weighted by Crippen LogP contribution is 2.19. The summed E-state index contributed by atoms with van der Waals surface area (Å²) in [7, 11) is 0. The smallest absolute Gasteiger partial charge is 0.250 e. The maximum absolute atomic E-state index is 12.3. The number of carbonyl (C=O) groups excluding carboxylic acids is 2. The Morgan fingerprint density at radius 3 is 2.43 bits per heavy atom. The number of H-pyrrole nitrogens is 1. The largest absolute Gasteiger partial charge is 0.394 e. The average Bonchev–Trinajstić information content (AvgIpc) is 3.20. The highest BCUT2D eigenvalue weighted by atomic mass is 16.3. The molecule has 0 unspecified atom stereocenters. The highest BCUT2D eigenvalue weighted by Gasteiger charge is 2.20. The Kier molecular flexibility index (Phi) is 6.33. The number of aromatic amines is 1. The number of nitrogens with zero attached hydrogens (tertiary/aromatic N) is 1. The summed E-state index contributed by atoms with van der Waals surface area (Å²) in [4.78, 5) is 24.4. The van der Waals surface area contributed by atoms with Gasteiger partial charge >= 0.3 is 0 Å². The number of aliphatic hydroxyl groups excluding tert-OH is 1. The number of aromatic nitrogens is 2. The van der Waals surface area contributed by atoms with Crippen LogP contribution in [0, 0.1) is 0 Å². The third-order valence-corrected chi connectivity index (χ3v) is 3.96. The number of amides is 2. The lowest BCUT2D eigenvalue weighted by molar-refractivity contribution is -0.124. The molecule has 0 aliphatic carbocycles. The third kappa shape index (κ3) is 5.15. The fraction of sp³-hybridized carbons (Fsp3) is 0.0952. The van der Waals surface area contributed by atoms with E-state index in [0.717, 1.165) is 16.8 Å². The highest BCUT2D eigenvalue weighted by molar-refractivity contribution is 5.99. The lowest BCUT2D eigenvalue weighted by atomic mass is 10.1. The summed E-state index contributed by atoms with van der Waals surface area (Å²) >= 11 is 0. The van der Waals surface area contributed by atoms with Crippen LogP contribution in [0.2, 0.25) is 0 Å². The molecular weight excluding hydrogens is 356 g/mol. The van der Waals surface area contributed by atoms with E-state index < -0.39 is 24.5 Å². The molecule has 3 aromatic rings. The van der Waals surface area contributed by atoms with Gasteiger partial charge in [-0.15, -0.1) is 0 Å². The van der Waals surface area contributed by atoms with E-state index in [1.807, 2.05) is 60.7 Å². The maximum atomic E-state index is 12.3. The molecule has 0 aliphatic heterocycles. The van der Waals surface area contributed by atoms with Gasteiger partial charge in [0.1, 0.15) is 6.04 Å². The number of rotatable bonds is 7. The summed E-state index contributed by atoms with van der Waals surface area (Å²) in [6, 6.07) is 19.4. The summed E-state index contributed by atoms with van der Waals surface area (Å²) in [5, 5.41) is 21.4. The molecule has 4 N–H and O–H groups in total. The zero-order valence-electron chi connectivity index (χ0n) is 15.0. The van der Waals surface area contributed by atoms with Crippen LogP contribution in [0.5, 0.6) is 0 Å². The minimum atomic E-state index is -1.09. The predicted molar refractivity (Wildman–Crippen MR) is 107 cm³/mol. The van der Waals surface area contributed by atoms with Crippen LogP contribution >= 0.6 is 0 Å². The van der Waals surface area contributed by atoms with E-state index in [4.69, 9.17) is 0 Å². The van der Waals surface area contributed by atoms with E-state index in [0.29, 0.717) is 5.82 Å². The molecule has 1 aromatic heterocycles. The standard InChI is InChI=1S/C21H20N4O3/c26-14-18(22-20(27)12-11-15-7-3-1-4-8-15)21(28)23-19-13-17(24-25-19)16-9-5-2-6-10-16/h1-13,18,26H,14H2,(H,22,27)(H2,23,24,25,28)/t18-/m0/s1. The van der Waals surface area contributed by atoms with Crippen molar-refractivity contribution in [2.75, 3.05) is 11.9 Å². The lowest BCUT2D eigenvalue weighted by Gasteiger charge is -2.14. The number of aliphatic hydroxyl groups is 1. The monoisotopic (exact) mass is 376 g/mol. The van der Waals surface area contributed by atoms with Gasteiger partial charge < -0.3 is 15.7 Å². The van der Waals surface area contributed by atoms with Crippen LogP contribution in [0.25, 0.3) is 17.3 Å². The van der Waals surface area contributed by atoms with Crippen molar-refractivity contribution in [2.24, 2.45) is 0 Å². The molecule has 0 spiro atoms. The Morgan fingerprint density at radius 1 is 1.07 bits per heavy atom. The third-order valence-electron chi connectivity index (χ3n) is 3.96. The summed E-state index contributed by atoms with van der Waals surface area (Å²) in [6.07, 6.45) is 2.94. The average molecular weight is 376 g/mol. The zero-order valence-corrected chi connectivity index (χ0v) is 15.0. The summed E-state index contributed by atoms with van der Waals surface area (Å²) in [6.45, 7) is -0.535. The summed E-state index contributed by atoms with van der Waals surface area (Å²) in [5.41, 5.74) is 2.52. The van der Waals surface area contributed by atoms with Crippen molar-refractivity contribution in [2.45, 2.75) is 6.04 Å². The van der Waals surface area contributed by atoms with Crippen LogP contribution in [0.4, 0.5) is 5.82 Å². The normalized spacial score (nSPS) is 11.9. The van der Waals surface area contributed by atoms with Gasteiger partial charge in [-0.2, -0.15) is 5.10 Å². The van der Waals surface area contributed by atoms with Gasteiger partial charge in [0.2, 0.25) is 5.91 Å². The Bertz CT molecular complexity index is 952. The Hall–Kier alpha value is -3.71. The Balaban J connectivity index is 1.58. The van der Waals surface area contributed by atoms with E-state index in [-0.39, 0.29) is 0 Å². The van der Waals surface area contributed by atoms with E-state index in [1.165, 1.54) is 6.08 Å². The van der Waals surface area contributed by atoms with Crippen molar-refractivity contribution >= 4 is 23.7 Å². The number of hydrogen-bond donors (Lipinski definition) is 4. The van der Waals surface area contributed by atoms with Gasteiger partial charge in [0.25, 0.3) is 5.91 Å². The first-order valence-corrected chi connectivity index (χ1v) is 8.72. The predicted octanol–water partition coefficient (Wildman–Crippen LogP) is 2.21. The molecular formula is C21H20N4O3. The van der Waals surface area contributed by atoms with Crippen molar-refractivity contribution < 1.29 is 14.7 Å². The number of hydrogen-bond acceptors (Lipinski definition) is 4. The second-order valence-electron chi connectivity index (χ2n) is 6.01. The number of anilines is 1. The SMILES string of the molecule is O=C(C=Cc1ccccc1)N[C@@H](CO)C(=O)Nc1cc(-c2ccccc2)[nH]n1. The zero-order chi connectivity index (χ0) is 19.8. The van der Waals surface area contributed by atoms with Gasteiger partial charge in [0.05, 0.1) is 12.3 Å². The van der Waals surface area contributed by atoms with Crippen molar-refractivity contribution in [3.8, 4) is 11.3 Å². The van der Waals surface area contributed by atoms with Crippen LogP contribution < -0.4 is 10.6 Å². The van der Waals surface area contributed by atoms with Crippen molar-refractivity contribution in [1.82, 2.24) is 15.5 Å². The molecule has 2 amide bonds. The van der Waals surface area contributed by atoms with Crippen LogP contribution in [0.1, 0.15) is 5.56 Å². The molecule has 28 heavy (non-hydrogen) atoms. The van der Waals surface area contributed by atoms with E-state index in [1.54, 1.807) is 12.1 Å². The van der Waals surface area contributed by atoms with Gasteiger partial charge in [0, 0.05) is 12.1 Å². The van der Waals surface area contributed by atoms with Gasteiger partial charge in [-0.3, -0.25) is 14.7 Å². The van der Waals surface area contributed by atoms with Crippen LogP contribution in [-0.2, 0) is 9.59 Å².